The largest absolute Gasteiger partial charge is 0.478 e. The predicted octanol–water partition coefficient (Wildman–Crippen LogP) is 13.8. The zero-order chi connectivity index (χ0) is 69.4. The summed E-state index contributed by atoms with van der Waals surface area (Å²) in [7, 11) is -3.72. The Kier molecular flexibility index (Phi) is 23.2. The first-order valence-corrected chi connectivity index (χ1v) is 37.4. The average Bonchev–Trinajstić information content (AvgIpc) is 1.62. The monoisotopic (exact) mass is 1420 g/mol. The molecule has 6 fully saturated rings. The van der Waals surface area contributed by atoms with E-state index in [0.717, 1.165) is 130 Å². The lowest BCUT2D eigenvalue weighted by molar-refractivity contribution is -0.136. The maximum atomic E-state index is 13.4. The number of carbonyl (C=O) groups is 6. The molecule has 101 heavy (non-hydrogen) atoms. The Labute approximate surface area is 592 Å². The van der Waals surface area contributed by atoms with E-state index in [0.29, 0.717) is 102 Å². The first kappa shape index (κ1) is 72.1. The van der Waals surface area contributed by atoms with Gasteiger partial charge in [-0.2, -0.15) is 0 Å². The second-order valence-electron chi connectivity index (χ2n) is 27.0. The minimum absolute atomic E-state index is 0. The number of fused-ring (bicyclic) bond motifs is 3. The maximum Gasteiger partial charge on any atom is 0.335 e. The van der Waals surface area contributed by atoms with Crippen molar-refractivity contribution in [3.8, 4) is 33.8 Å². The number of sulfonamides is 1. The van der Waals surface area contributed by atoms with Gasteiger partial charge in [0.1, 0.15) is 19.6 Å². The second-order valence-corrected chi connectivity index (χ2v) is 29.1. The van der Waals surface area contributed by atoms with E-state index in [1.807, 2.05) is 66.1 Å². The van der Waals surface area contributed by atoms with Crippen LogP contribution in [0, 0.1) is 0 Å². The fourth-order valence-corrected chi connectivity index (χ4v) is 16.5. The molecule has 15 rings (SSSR count). The van der Waals surface area contributed by atoms with E-state index in [1.54, 1.807) is 72.8 Å². The van der Waals surface area contributed by atoms with Crippen molar-refractivity contribution in [2.24, 2.45) is 0 Å². The van der Waals surface area contributed by atoms with Gasteiger partial charge in [0.2, 0.25) is 27.7 Å². The molecule has 3 aromatic carbocycles. The minimum Gasteiger partial charge on any atom is -0.478 e. The lowest BCUT2D eigenvalue weighted by Gasteiger charge is -2.27. The second kappa shape index (κ2) is 32.5. The lowest BCUT2D eigenvalue weighted by Crippen LogP contribution is -2.42. The quantitative estimate of drug-likeness (QED) is 0.0852. The van der Waals surface area contributed by atoms with Gasteiger partial charge >= 0.3 is 5.97 Å². The van der Waals surface area contributed by atoms with Crippen molar-refractivity contribution in [3.63, 3.8) is 0 Å². The van der Waals surface area contributed by atoms with E-state index in [-0.39, 0.29) is 55.9 Å². The topological polar surface area (TPSA) is 260 Å². The van der Waals surface area contributed by atoms with Crippen LogP contribution in [-0.2, 0) is 58.3 Å². The number of aromatic carboxylic acids is 1. The van der Waals surface area contributed by atoms with Gasteiger partial charge in [0, 0.05) is 83.2 Å². The molecule has 3 aliphatic heterocycles. The summed E-state index contributed by atoms with van der Waals surface area (Å²) in [5, 5.41) is 12.2. The highest BCUT2D eigenvalue weighted by Gasteiger charge is 2.34. The third-order valence-electron chi connectivity index (χ3n) is 20.7. The van der Waals surface area contributed by atoms with Crippen LogP contribution in [0.25, 0.3) is 66.5 Å². The molecule has 6 aliphatic rings. The molecule has 9 heterocycles. The number of hydrogen-bond acceptors (Lipinski definition) is 14. The van der Waals surface area contributed by atoms with Crippen LogP contribution in [0.2, 0.25) is 0 Å². The van der Waals surface area contributed by atoms with Gasteiger partial charge in [-0.25, -0.2) is 17.9 Å². The molecule has 0 unspecified atom stereocenters. The molecule has 6 aromatic heterocycles. The summed E-state index contributed by atoms with van der Waals surface area (Å²) >= 11 is 5.83. The summed E-state index contributed by atoms with van der Waals surface area (Å²) in [6.45, 7) is 7.11. The van der Waals surface area contributed by atoms with Crippen LogP contribution in [0.5, 0.6) is 0 Å². The molecular formula is C77H90ClN7O15S. The molecule has 536 valence electrons. The Bertz CT molecular complexity index is 4330. The summed E-state index contributed by atoms with van der Waals surface area (Å²) in [6.07, 6.45) is 28.3. The molecule has 24 heteroatoms. The Morgan fingerprint density at radius 1 is 0.455 bits per heavy atom. The molecular weight excluding hydrogens is 1330 g/mol. The summed E-state index contributed by atoms with van der Waals surface area (Å²) in [5.74, 6) is -0.514. The van der Waals surface area contributed by atoms with E-state index in [1.165, 1.54) is 56.1 Å². The number of ether oxygens (including phenoxy) is 3. The lowest BCUT2D eigenvalue weighted by atomic mass is 9.82. The van der Waals surface area contributed by atoms with E-state index in [9.17, 15) is 42.3 Å². The van der Waals surface area contributed by atoms with Crippen LogP contribution in [0.15, 0.2) is 124 Å². The van der Waals surface area contributed by atoms with Crippen LogP contribution in [0.3, 0.4) is 0 Å². The van der Waals surface area contributed by atoms with Crippen molar-refractivity contribution in [3.05, 3.63) is 144 Å². The Morgan fingerprint density at radius 2 is 0.762 bits per heavy atom. The smallest absolute Gasteiger partial charge is 0.335 e. The fourth-order valence-electron chi connectivity index (χ4n) is 15.9. The summed E-state index contributed by atoms with van der Waals surface area (Å²) < 4.78 is 64.0. The van der Waals surface area contributed by atoms with E-state index in [2.05, 4.69) is 4.57 Å². The van der Waals surface area contributed by atoms with Crippen molar-refractivity contribution in [1.29, 1.82) is 0 Å². The number of aromatic nitrogens is 3. The van der Waals surface area contributed by atoms with Crippen molar-refractivity contribution in [2.45, 2.75) is 141 Å². The molecule has 4 amide bonds. The number of morpholine rings is 3. The number of furan rings is 3. The summed E-state index contributed by atoms with van der Waals surface area (Å²) in [5.41, 5.74) is 12.6. The number of nitrogens with one attached hydrogen (secondary N) is 1. The highest BCUT2D eigenvalue weighted by Crippen LogP contribution is 2.48. The van der Waals surface area contributed by atoms with Crippen molar-refractivity contribution in [2.75, 3.05) is 85.2 Å². The molecule has 3 aliphatic carbocycles. The van der Waals surface area contributed by atoms with Crippen LogP contribution in [0.4, 0.5) is 0 Å². The SMILES string of the molecule is C.CS(=O)(=O)NC(=O)c1ccc2c(C3CCCCC3)c(-c3ccoc3)n(CC(=O)N3CCOCC3)c2c1.O=C(Cl)c1ccc2c(C3CCCCC3)c(-c3ccoc3)n(CC(=O)N3CCOCC3)c2c1.O=C(O)c1ccc2c(C3CCCCC3)c(-c3ccoc3)n(CC(=O)N3CCOCC3)c2c1. The highest BCUT2D eigenvalue weighted by molar-refractivity contribution is 7.89. The van der Waals surface area contributed by atoms with Crippen molar-refractivity contribution >= 4 is 89.2 Å². The van der Waals surface area contributed by atoms with E-state index >= 15 is 0 Å². The van der Waals surface area contributed by atoms with Crippen LogP contribution >= 0.6 is 11.6 Å². The van der Waals surface area contributed by atoms with Gasteiger partial charge in [-0.15, -0.1) is 0 Å². The first-order chi connectivity index (χ1) is 48.6. The summed E-state index contributed by atoms with van der Waals surface area (Å²) in [4.78, 5) is 81.8. The maximum absolute atomic E-state index is 13.4. The van der Waals surface area contributed by atoms with Gasteiger partial charge in [0.25, 0.3) is 11.1 Å². The highest BCUT2D eigenvalue weighted by atomic mass is 35.5. The molecule has 22 nitrogen and oxygen atoms in total. The first-order valence-electron chi connectivity index (χ1n) is 35.2. The van der Waals surface area contributed by atoms with Crippen molar-refractivity contribution in [1.82, 2.24) is 33.1 Å². The molecule has 0 spiro atoms. The molecule has 3 saturated carbocycles. The van der Waals surface area contributed by atoms with Crippen LogP contribution in [-0.4, -0.2) is 162 Å². The molecule has 0 radical (unpaired) electrons. The number of hydrogen-bond donors (Lipinski definition) is 2. The number of carboxylic acid groups (broad SMARTS) is 1. The Hall–Kier alpha value is -8.74. The standard InChI is InChI=1S/C26H31N3O6S.C25H27ClN2O4.C25H28N2O5.CH4/c1-36(32,33)27-26(31)19-7-8-21-22(15-19)29(16-23(30)28-10-13-34-14-11-28)25(20-9-12-35-17-20)24(21)18-5-3-2-4-6-18;26-25(30)18-6-7-20-21(14-18)28(15-22(29)27-9-12-31-13-10-27)24(19-8-11-32-16-19)23(20)17-4-2-1-3-5-17;28-22(26-9-12-31-13-10-26)15-27-21-14-18(25(29)30)6-7-20(21)23(17-4-2-1-3-5-17)24(27)19-8-11-32-16-19;/h7-9,12,15,17-18H,2-6,10-11,13-14,16H2,1H3,(H,27,31);6-8,11,14,16-17H,1-5,9-10,12-13,15H2;6-8,11,14,16-17H,1-5,9-10,12-13,15H2,(H,29,30);1H4. The number of carbonyl (C=O) groups excluding carboxylic acids is 5. The van der Waals surface area contributed by atoms with Gasteiger partial charge in [0.15, 0.2) is 0 Å². The molecule has 2 N–H and O–H groups in total. The number of amides is 4. The number of rotatable bonds is 16. The predicted molar refractivity (Wildman–Crippen MR) is 385 cm³/mol. The molecule has 0 bridgehead atoms. The zero-order valence-electron chi connectivity index (χ0n) is 56.5. The van der Waals surface area contributed by atoms with Gasteiger partial charge in [0.05, 0.1) is 123 Å². The van der Waals surface area contributed by atoms with Gasteiger partial charge in [-0.1, -0.05) is 83.4 Å². The summed E-state index contributed by atoms with van der Waals surface area (Å²) in [6, 6.07) is 21.9. The molecule has 9 aromatic rings. The van der Waals surface area contributed by atoms with Crippen LogP contribution in [0.1, 0.15) is 169 Å². The van der Waals surface area contributed by atoms with Gasteiger partial charge in [-0.3, -0.25) is 24.0 Å². The van der Waals surface area contributed by atoms with Crippen LogP contribution < -0.4 is 4.72 Å². The number of halogens is 1. The van der Waals surface area contributed by atoms with Gasteiger partial charge in [-0.05, 0) is 139 Å². The van der Waals surface area contributed by atoms with Crippen molar-refractivity contribution < 1.29 is 69.8 Å². The number of nitrogens with zero attached hydrogens (tertiary/aromatic N) is 6. The molecule has 3 saturated heterocycles. The van der Waals surface area contributed by atoms with E-state index in [4.69, 9.17) is 39.1 Å². The Balaban J connectivity index is 0.000000143. The number of benzene rings is 3. The molecule has 0 atom stereocenters. The van der Waals surface area contributed by atoms with Gasteiger partial charge < -0.3 is 61.0 Å². The average molecular weight is 1420 g/mol. The third-order valence-corrected chi connectivity index (χ3v) is 21.5. The number of carboxylic acids is 1. The minimum atomic E-state index is -3.72. The van der Waals surface area contributed by atoms with E-state index < -0.39 is 27.1 Å². The third kappa shape index (κ3) is 16.1. The Morgan fingerprint density at radius 3 is 1.06 bits per heavy atom. The fraction of sp³-hybridized carbons (Fsp3) is 0.455. The normalized spacial score (nSPS) is 17.4. The zero-order valence-corrected chi connectivity index (χ0v) is 58.0.